The van der Waals surface area contributed by atoms with Gasteiger partial charge in [0, 0.05) is 6.42 Å². The van der Waals surface area contributed by atoms with Gasteiger partial charge in [0.2, 0.25) is 0 Å². The Morgan fingerprint density at radius 3 is 2.82 bits per heavy atom. The van der Waals surface area contributed by atoms with Gasteiger partial charge in [-0.1, -0.05) is 35.9 Å². The standard InChI is InChI=1S/C17H14ClNO3/c1-10-6-7-14(13(18)8-10)19-16(20)15-9-11-4-2-3-5-12(11)17(21)22-15/h2-8,15H,9H2,1H3,(H,19,20)/t15-/m0/s1. The van der Waals surface area contributed by atoms with Crippen LogP contribution in [0.4, 0.5) is 5.69 Å². The predicted molar refractivity (Wildman–Crippen MR) is 84.2 cm³/mol. The van der Waals surface area contributed by atoms with E-state index in [2.05, 4.69) is 5.32 Å². The number of benzene rings is 2. The van der Waals surface area contributed by atoms with Gasteiger partial charge in [-0.3, -0.25) is 4.79 Å². The average Bonchev–Trinajstić information content (AvgIpc) is 2.50. The minimum absolute atomic E-state index is 0.358. The number of anilines is 1. The van der Waals surface area contributed by atoms with Crippen molar-refractivity contribution in [1.82, 2.24) is 0 Å². The summed E-state index contributed by atoms with van der Waals surface area (Å²) in [4.78, 5) is 24.2. The van der Waals surface area contributed by atoms with Crippen molar-refractivity contribution in [2.24, 2.45) is 0 Å². The lowest BCUT2D eigenvalue weighted by atomic mass is 9.98. The van der Waals surface area contributed by atoms with E-state index in [1.807, 2.05) is 25.1 Å². The van der Waals surface area contributed by atoms with Gasteiger partial charge in [0.15, 0.2) is 6.10 Å². The van der Waals surface area contributed by atoms with E-state index in [4.69, 9.17) is 16.3 Å². The molecule has 112 valence electrons. The van der Waals surface area contributed by atoms with E-state index in [9.17, 15) is 9.59 Å². The van der Waals surface area contributed by atoms with E-state index >= 15 is 0 Å². The van der Waals surface area contributed by atoms with Crippen LogP contribution >= 0.6 is 11.6 Å². The Morgan fingerprint density at radius 1 is 1.27 bits per heavy atom. The van der Waals surface area contributed by atoms with E-state index in [-0.39, 0.29) is 5.91 Å². The highest BCUT2D eigenvalue weighted by Gasteiger charge is 2.31. The van der Waals surface area contributed by atoms with Crippen LogP contribution in [0.25, 0.3) is 0 Å². The normalized spacial score (nSPS) is 16.6. The van der Waals surface area contributed by atoms with Gasteiger partial charge in [0.05, 0.1) is 16.3 Å². The van der Waals surface area contributed by atoms with E-state index in [1.165, 1.54) is 0 Å². The van der Waals surface area contributed by atoms with Crippen LogP contribution in [0.2, 0.25) is 5.02 Å². The first kappa shape index (κ1) is 14.6. The number of cyclic esters (lactones) is 1. The molecule has 2 aromatic rings. The molecule has 5 heteroatoms. The van der Waals surface area contributed by atoms with Crippen molar-refractivity contribution in [3.63, 3.8) is 0 Å². The molecule has 1 heterocycles. The zero-order valence-corrected chi connectivity index (χ0v) is 12.7. The van der Waals surface area contributed by atoms with E-state index < -0.39 is 12.1 Å². The van der Waals surface area contributed by atoms with Crippen LogP contribution in [0.1, 0.15) is 21.5 Å². The van der Waals surface area contributed by atoms with Gasteiger partial charge in [-0.15, -0.1) is 0 Å². The number of carbonyl (C=O) groups excluding carboxylic acids is 2. The molecule has 1 amide bonds. The van der Waals surface area contributed by atoms with Gasteiger partial charge in [-0.2, -0.15) is 0 Å². The van der Waals surface area contributed by atoms with Gasteiger partial charge in [0.1, 0.15) is 0 Å². The SMILES string of the molecule is Cc1ccc(NC(=O)[C@@H]2Cc3ccccc3C(=O)O2)c(Cl)c1. The Kier molecular flexibility index (Phi) is 3.86. The quantitative estimate of drug-likeness (QED) is 0.864. The Bertz CT molecular complexity index is 757. The number of hydrogen-bond acceptors (Lipinski definition) is 3. The fourth-order valence-electron chi connectivity index (χ4n) is 2.41. The van der Waals surface area contributed by atoms with Crippen LogP contribution < -0.4 is 5.32 Å². The molecule has 1 atom stereocenters. The van der Waals surface area contributed by atoms with E-state index in [0.717, 1.165) is 11.1 Å². The summed E-state index contributed by atoms with van der Waals surface area (Å²) < 4.78 is 5.22. The van der Waals surface area contributed by atoms with Gasteiger partial charge in [-0.25, -0.2) is 4.79 Å². The average molecular weight is 316 g/mol. The summed E-state index contributed by atoms with van der Waals surface area (Å²) in [6.07, 6.45) is -0.489. The fraction of sp³-hybridized carbons (Fsp3) is 0.176. The summed E-state index contributed by atoms with van der Waals surface area (Å²) in [6.45, 7) is 1.91. The number of ether oxygens (including phenoxy) is 1. The van der Waals surface area contributed by atoms with Crippen molar-refractivity contribution in [2.75, 3.05) is 5.32 Å². The minimum atomic E-state index is -0.847. The third kappa shape index (κ3) is 2.83. The Labute approximate surface area is 133 Å². The summed E-state index contributed by atoms with van der Waals surface area (Å²) in [6, 6.07) is 12.5. The van der Waals surface area contributed by atoms with Gasteiger partial charge in [-0.05, 0) is 36.2 Å². The van der Waals surface area contributed by atoms with Crippen molar-refractivity contribution in [3.05, 3.63) is 64.2 Å². The maximum absolute atomic E-state index is 12.3. The lowest BCUT2D eigenvalue weighted by molar-refractivity contribution is -0.125. The second kappa shape index (κ2) is 5.81. The largest absolute Gasteiger partial charge is 0.448 e. The molecule has 0 saturated heterocycles. The van der Waals surface area contributed by atoms with Crippen LogP contribution in [0.15, 0.2) is 42.5 Å². The first-order chi connectivity index (χ1) is 10.5. The third-order valence-electron chi connectivity index (χ3n) is 3.57. The zero-order valence-electron chi connectivity index (χ0n) is 11.9. The molecule has 1 N–H and O–H groups in total. The van der Waals surface area contributed by atoms with Gasteiger partial charge >= 0.3 is 5.97 Å². The van der Waals surface area contributed by atoms with Crippen molar-refractivity contribution in [2.45, 2.75) is 19.4 Å². The van der Waals surface area contributed by atoms with Gasteiger partial charge in [0.25, 0.3) is 5.91 Å². The molecule has 1 aliphatic heterocycles. The maximum Gasteiger partial charge on any atom is 0.339 e. The molecule has 0 aliphatic carbocycles. The second-order valence-corrected chi connectivity index (χ2v) is 5.63. The molecule has 0 fully saturated rings. The fourth-order valence-corrected chi connectivity index (χ4v) is 2.69. The van der Waals surface area contributed by atoms with Crippen LogP contribution in [-0.2, 0) is 16.0 Å². The highest BCUT2D eigenvalue weighted by molar-refractivity contribution is 6.33. The molecule has 22 heavy (non-hydrogen) atoms. The number of hydrogen-bond donors (Lipinski definition) is 1. The van der Waals surface area contributed by atoms with Crippen LogP contribution in [0, 0.1) is 6.92 Å². The minimum Gasteiger partial charge on any atom is -0.448 e. The lowest BCUT2D eigenvalue weighted by Gasteiger charge is -2.24. The second-order valence-electron chi connectivity index (χ2n) is 5.23. The number of amides is 1. The molecule has 0 spiro atoms. The maximum atomic E-state index is 12.3. The molecule has 1 aliphatic rings. The number of esters is 1. The topological polar surface area (TPSA) is 55.4 Å². The monoisotopic (exact) mass is 315 g/mol. The molecule has 0 radical (unpaired) electrons. The summed E-state index contributed by atoms with van der Waals surface area (Å²) in [5, 5.41) is 3.16. The number of carbonyl (C=O) groups is 2. The first-order valence-corrected chi connectivity index (χ1v) is 7.28. The molecule has 0 aromatic heterocycles. The van der Waals surface area contributed by atoms with Gasteiger partial charge < -0.3 is 10.1 Å². The number of fused-ring (bicyclic) bond motifs is 1. The summed E-state index contributed by atoms with van der Waals surface area (Å²) in [7, 11) is 0. The Hall–Kier alpha value is -2.33. The molecule has 3 rings (SSSR count). The number of halogens is 1. The highest BCUT2D eigenvalue weighted by atomic mass is 35.5. The van der Waals surface area contributed by atoms with Crippen LogP contribution in [0.3, 0.4) is 0 Å². The third-order valence-corrected chi connectivity index (χ3v) is 3.88. The number of aryl methyl sites for hydroxylation is 1. The van der Waals surface area contributed by atoms with Crippen LogP contribution in [0.5, 0.6) is 0 Å². The van der Waals surface area contributed by atoms with E-state index in [0.29, 0.717) is 22.7 Å². The molecule has 0 unspecified atom stereocenters. The molecular weight excluding hydrogens is 302 g/mol. The summed E-state index contributed by atoms with van der Waals surface area (Å²) in [5.41, 5.74) is 2.84. The van der Waals surface area contributed by atoms with Crippen LogP contribution in [-0.4, -0.2) is 18.0 Å². The lowest BCUT2D eigenvalue weighted by Crippen LogP contribution is -2.38. The molecule has 4 nitrogen and oxygen atoms in total. The Morgan fingerprint density at radius 2 is 2.05 bits per heavy atom. The molecular formula is C17H14ClNO3. The van der Waals surface area contributed by atoms with Crippen molar-refractivity contribution in [1.29, 1.82) is 0 Å². The Balaban J connectivity index is 1.78. The zero-order chi connectivity index (χ0) is 15.7. The summed E-state index contributed by atoms with van der Waals surface area (Å²) in [5.74, 6) is -0.856. The first-order valence-electron chi connectivity index (χ1n) is 6.90. The van der Waals surface area contributed by atoms with Crippen molar-refractivity contribution in [3.8, 4) is 0 Å². The van der Waals surface area contributed by atoms with Crippen molar-refractivity contribution >= 4 is 29.2 Å². The molecule has 2 aromatic carbocycles. The molecule has 0 saturated carbocycles. The van der Waals surface area contributed by atoms with Crippen molar-refractivity contribution < 1.29 is 14.3 Å². The highest BCUT2D eigenvalue weighted by Crippen LogP contribution is 2.25. The van der Waals surface area contributed by atoms with E-state index in [1.54, 1.807) is 24.3 Å². The smallest absolute Gasteiger partial charge is 0.339 e. The number of nitrogens with one attached hydrogen (secondary N) is 1. The number of rotatable bonds is 2. The molecule has 0 bridgehead atoms. The summed E-state index contributed by atoms with van der Waals surface area (Å²) >= 11 is 6.10. The predicted octanol–water partition coefficient (Wildman–Crippen LogP) is 3.37.